The van der Waals surface area contributed by atoms with Crippen molar-refractivity contribution in [3.63, 3.8) is 0 Å². The lowest BCUT2D eigenvalue weighted by atomic mass is 10.1. The zero-order chi connectivity index (χ0) is 12.3. The van der Waals surface area contributed by atoms with Gasteiger partial charge in [0.05, 0.1) is 11.5 Å². The molecular weight excluding hydrogens is 236 g/mol. The lowest BCUT2D eigenvalue weighted by Crippen LogP contribution is -2.39. The third-order valence-corrected chi connectivity index (χ3v) is 5.00. The number of nitrogens with zero attached hydrogens (tertiary/aromatic N) is 1. The first-order valence-corrected chi connectivity index (χ1v) is 7.72. The van der Waals surface area contributed by atoms with Gasteiger partial charge in [-0.2, -0.15) is 0 Å². The summed E-state index contributed by atoms with van der Waals surface area (Å²) in [6.07, 6.45) is 5.31. The van der Waals surface area contributed by atoms with Crippen LogP contribution in [-0.2, 0) is 16.4 Å². The van der Waals surface area contributed by atoms with Crippen LogP contribution in [0.2, 0.25) is 0 Å². The second-order valence-electron chi connectivity index (χ2n) is 4.64. The van der Waals surface area contributed by atoms with E-state index in [2.05, 4.69) is 10.3 Å². The number of aromatic nitrogens is 1. The lowest BCUT2D eigenvalue weighted by molar-refractivity contribution is 0.479. The van der Waals surface area contributed by atoms with Gasteiger partial charge in [-0.05, 0) is 37.0 Å². The minimum absolute atomic E-state index is 0.0984. The Morgan fingerprint density at radius 2 is 2.35 bits per heavy atom. The largest absolute Gasteiger partial charge is 0.309 e. The maximum Gasteiger partial charge on any atom is 0.151 e. The van der Waals surface area contributed by atoms with Gasteiger partial charge in [0.2, 0.25) is 0 Å². The van der Waals surface area contributed by atoms with Gasteiger partial charge in [-0.25, -0.2) is 8.42 Å². The first-order valence-electron chi connectivity index (χ1n) is 5.90. The van der Waals surface area contributed by atoms with Gasteiger partial charge in [-0.15, -0.1) is 0 Å². The zero-order valence-corrected chi connectivity index (χ0v) is 10.8. The van der Waals surface area contributed by atoms with Gasteiger partial charge in [-0.3, -0.25) is 4.98 Å². The average molecular weight is 254 g/mol. The standard InChI is InChI=1S/C12H18N2O2S/c1-10-7-13-5-4-11(10)8-14-12-3-2-6-17(15,16)9-12/h4-5,7,12,14H,2-3,6,8-9H2,1H3. The van der Waals surface area contributed by atoms with Crippen LogP contribution in [0.15, 0.2) is 18.5 Å². The molecule has 94 valence electrons. The monoisotopic (exact) mass is 254 g/mol. The molecule has 1 atom stereocenters. The summed E-state index contributed by atoms with van der Waals surface area (Å²) >= 11 is 0. The van der Waals surface area contributed by atoms with Crippen LogP contribution in [0.4, 0.5) is 0 Å². The van der Waals surface area contributed by atoms with Crippen LogP contribution in [0.1, 0.15) is 24.0 Å². The average Bonchev–Trinajstić information content (AvgIpc) is 2.27. The minimum Gasteiger partial charge on any atom is -0.309 e. The fourth-order valence-electron chi connectivity index (χ4n) is 2.14. The predicted octanol–water partition coefficient (Wildman–Crippen LogP) is 1.06. The molecule has 0 spiro atoms. The predicted molar refractivity (Wildman–Crippen MR) is 67.5 cm³/mol. The molecule has 1 aromatic heterocycles. The van der Waals surface area contributed by atoms with Crippen LogP contribution in [0, 0.1) is 6.92 Å². The molecule has 1 N–H and O–H groups in total. The van der Waals surface area contributed by atoms with Gasteiger partial charge < -0.3 is 5.32 Å². The fourth-order valence-corrected chi connectivity index (χ4v) is 3.81. The molecule has 1 aliphatic heterocycles. The number of hydrogen-bond donors (Lipinski definition) is 1. The molecule has 0 aromatic carbocycles. The van der Waals surface area contributed by atoms with E-state index < -0.39 is 9.84 Å². The van der Waals surface area contributed by atoms with E-state index in [9.17, 15) is 8.42 Å². The molecule has 1 saturated heterocycles. The highest BCUT2D eigenvalue weighted by molar-refractivity contribution is 7.91. The Morgan fingerprint density at radius 1 is 1.53 bits per heavy atom. The summed E-state index contributed by atoms with van der Waals surface area (Å²) in [4.78, 5) is 4.04. The van der Waals surface area contributed by atoms with Gasteiger partial charge >= 0.3 is 0 Å². The number of pyridine rings is 1. The molecule has 0 saturated carbocycles. The van der Waals surface area contributed by atoms with E-state index >= 15 is 0 Å². The van der Waals surface area contributed by atoms with E-state index in [0.29, 0.717) is 12.3 Å². The molecule has 1 aromatic rings. The van der Waals surface area contributed by atoms with Gasteiger partial charge in [-0.1, -0.05) is 0 Å². The van der Waals surface area contributed by atoms with Crippen LogP contribution >= 0.6 is 0 Å². The zero-order valence-electron chi connectivity index (χ0n) is 10.0. The third-order valence-electron chi connectivity index (χ3n) is 3.18. The molecule has 0 aliphatic carbocycles. The molecule has 5 heteroatoms. The molecule has 0 bridgehead atoms. The summed E-state index contributed by atoms with van der Waals surface area (Å²) in [5, 5.41) is 3.33. The molecule has 2 rings (SSSR count). The van der Waals surface area contributed by atoms with Crippen molar-refractivity contribution in [2.75, 3.05) is 11.5 Å². The number of sulfone groups is 1. The van der Waals surface area contributed by atoms with Crippen LogP contribution in [0.5, 0.6) is 0 Å². The molecule has 1 unspecified atom stereocenters. The maximum atomic E-state index is 11.5. The Bertz CT molecular complexity index is 485. The molecule has 4 nitrogen and oxygen atoms in total. The third kappa shape index (κ3) is 3.51. The SMILES string of the molecule is Cc1cnccc1CNC1CCCS(=O)(=O)C1. The minimum atomic E-state index is -2.82. The maximum absolute atomic E-state index is 11.5. The van der Waals surface area contributed by atoms with Gasteiger partial charge in [0.1, 0.15) is 0 Å². The van der Waals surface area contributed by atoms with E-state index in [1.807, 2.05) is 19.2 Å². The molecule has 0 radical (unpaired) electrons. The van der Waals surface area contributed by atoms with Gasteiger partial charge in [0, 0.05) is 25.0 Å². The van der Waals surface area contributed by atoms with Crippen molar-refractivity contribution in [2.45, 2.75) is 32.4 Å². The molecule has 1 aliphatic rings. The molecular formula is C12H18N2O2S. The van der Waals surface area contributed by atoms with Crippen molar-refractivity contribution in [3.8, 4) is 0 Å². The van der Waals surface area contributed by atoms with Crippen LogP contribution in [-0.4, -0.2) is 30.9 Å². The van der Waals surface area contributed by atoms with Crippen molar-refractivity contribution in [1.29, 1.82) is 0 Å². The Kier molecular flexibility index (Phi) is 3.79. The summed E-state index contributed by atoms with van der Waals surface area (Å²) in [5.41, 5.74) is 2.32. The van der Waals surface area contributed by atoms with Crippen molar-refractivity contribution in [2.24, 2.45) is 0 Å². The van der Waals surface area contributed by atoms with E-state index in [-0.39, 0.29) is 11.8 Å². The van der Waals surface area contributed by atoms with Gasteiger partial charge in [0.25, 0.3) is 0 Å². The van der Waals surface area contributed by atoms with Crippen molar-refractivity contribution in [1.82, 2.24) is 10.3 Å². The highest BCUT2D eigenvalue weighted by Crippen LogP contribution is 2.13. The quantitative estimate of drug-likeness (QED) is 0.876. The molecule has 17 heavy (non-hydrogen) atoms. The second-order valence-corrected chi connectivity index (χ2v) is 6.87. The normalized spacial score (nSPS) is 23.5. The summed E-state index contributed by atoms with van der Waals surface area (Å²) in [6.45, 7) is 2.73. The first-order chi connectivity index (χ1) is 8.07. The molecule has 2 heterocycles. The Balaban J connectivity index is 1.93. The number of aryl methyl sites for hydroxylation is 1. The number of hydrogen-bond acceptors (Lipinski definition) is 4. The summed E-state index contributed by atoms with van der Waals surface area (Å²) < 4.78 is 23.0. The van der Waals surface area contributed by atoms with Crippen LogP contribution in [0.3, 0.4) is 0 Å². The summed E-state index contributed by atoms with van der Waals surface area (Å²) in [6, 6.07) is 2.07. The fraction of sp³-hybridized carbons (Fsp3) is 0.583. The van der Waals surface area contributed by atoms with Crippen molar-refractivity contribution < 1.29 is 8.42 Å². The second kappa shape index (κ2) is 5.14. The van der Waals surface area contributed by atoms with Crippen molar-refractivity contribution >= 4 is 9.84 Å². The lowest BCUT2D eigenvalue weighted by Gasteiger charge is -2.23. The highest BCUT2D eigenvalue weighted by Gasteiger charge is 2.24. The van der Waals surface area contributed by atoms with E-state index in [4.69, 9.17) is 0 Å². The summed E-state index contributed by atoms with van der Waals surface area (Å²) in [7, 11) is -2.82. The molecule has 0 amide bonds. The first kappa shape index (κ1) is 12.5. The number of rotatable bonds is 3. The Labute approximate surface area is 102 Å². The van der Waals surface area contributed by atoms with E-state index in [1.165, 1.54) is 5.56 Å². The highest BCUT2D eigenvalue weighted by atomic mass is 32.2. The van der Waals surface area contributed by atoms with Crippen molar-refractivity contribution in [3.05, 3.63) is 29.6 Å². The Hall–Kier alpha value is -0.940. The smallest absolute Gasteiger partial charge is 0.151 e. The molecule has 1 fully saturated rings. The van der Waals surface area contributed by atoms with Gasteiger partial charge in [0.15, 0.2) is 9.84 Å². The van der Waals surface area contributed by atoms with E-state index in [0.717, 1.165) is 18.4 Å². The van der Waals surface area contributed by atoms with E-state index in [1.54, 1.807) is 6.20 Å². The topological polar surface area (TPSA) is 59.1 Å². The number of nitrogens with one attached hydrogen (secondary N) is 1. The Morgan fingerprint density at radius 3 is 3.06 bits per heavy atom. The van der Waals surface area contributed by atoms with Crippen LogP contribution < -0.4 is 5.32 Å². The summed E-state index contributed by atoms with van der Waals surface area (Å²) in [5.74, 6) is 0.622. The van der Waals surface area contributed by atoms with Crippen LogP contribution in [0.25, 0.3) is 0 Å².